The van der Waals surface area contributed by atoms with Crippen LogP contribution in [0.3, 0.4) is 0 Å². The van der Waals surface area contributed by atoms with E-state index in [1.54, 1.807) is 0 Å². The van der Waals surface area contributed by atoms with Gasteiger partial charge in [0.05, 0.1) is 13.2 Å². The van der Waals surface area contributed by atoms with Gasteiger partial charge in [0.1, 0.15) is 0 Å². The Balaban J connectivity index is 1.29. The summed E-state index contributed by atoms with van der Waals surface area (Å²) in [5, 5.41) is 9.27. The molecule has 7 nitrogen and oxygen atoms in total. The number of nitrogens with one attached hydrogen (secondary N) is 1. The fourth-order valence-electron chi connectivity index (χ4n) is 3.37. The maximum absolute atomic E-state index is 12.1. The van der Waals surface area contributed by atoms with Gasteiger partial charge in [-0.15, -0.1) is 0 Å². The highest BCUT2D eigenvalue weighted by atomic mass is 16.5. The number of ether oxygens (including phenoxy) is 1. The van der Waals surface area contributed by atoms with Gasteiger partial charge in [0.25, 0.3) is 0 Å². The number of aryl methyl sites for hydroxylation is 1. The van der Waals surface area contributed by atoms with Crippen LogP contribution in [-0.4, -0.2) is 60.3 Å². The van der Waals surface area contributed by atoms with Crippen molar-refractivity contribution in [2.75, 3.05) is 39.4 Å². The Labute approximate surface area is 163 Å². The Bertz CT molecular complexity index is 929. The zero-order valence-electron chi connectivity index (χ0n) is 15.8. The van der Waals surface area contributed by atoms with E-state index in [9.17, 15) is 4.79 Å². The van der Waals surface area contributed by atoms with Crippen LogP contribution in [0.25, 0.3) is 22.2 Å². The highest BCUT2D eigenvalue weighted by Crippen LogP contribution is 2.26. The molecule has 3 aromatic rings. The molecule has 28 heavy (non-hydrogen) atoms. The second kappa shape index (κ2) is 8.95. The molecule has 1 saturated heterocycles. The molecular weight excluding hydrogens is 356 g/mol. The molecule has 0 unspecified atom stereocenters. The zero-order valence-corrected chi connectivity index (χ0v) is 15.8. The van der Waals surface area contributed by atoms with E-state index in [0.717, 1.165) is 49.2 Å². The maximum Gasteiger partial charge on any atom is 0.227 e. The molecule has 0 bridgehead atoms. The molecule has 0 aliphatic carbocycles. The lowest BCUT2D eigenvalue weighted by Gasteiger charge is -2.26. The predicted octanol–water partition coefficient (Wildman–Crippen LogP) is 2.27. The van der Waals surface area contributed by atoms with Crippen molar-refractivity contribution < 1.29 is 14.1 Å². The summed E-state index contributed by atoms with van der Waals surface area (Å²) in [6.45, 7) is 4.88. The highest BCUT2D eigenvalue weighted by molar-refractivity contribution is 5.94. The van der Waals surface area contributed by atoms with Crippen molar-refractivity contribution in [3.8, 4) is 11.4 Å². The van der Waals surface area contributed by atoms with Crippen LogP contribution in [0.1, 0.15) is 12.3 Å². The molecule has 7 heteroatoms. The number of fused-ring (bicyclic) bond motifs is 1. The number of nitrogens with zero attached hydrogens (tertiary/aromatic N) is 3. The lowest BCUT2D eigenvalue weighted by Crippen LogP contribution is -2.41. The maximum atomic E-state index is 12.1. The summed E-state index contributed by atoms with van der Waals surface area (Å²) >= 11 is 0. The van der Waals surface area contributed by atoms with Crippen molar-refractivity contribution in [3.63, 3.8) is 0 Å². The minimum absolute atomic E-state index is 0.00169. The molecule has 146 valence electrons. The van der Waals surface area contributed by atoms with E-state index in [1.807, 2.05) is 30.3 Å². The van der Waals surface area contributed by atoms with Gasteiger partial charge in [-0.2, -0.15) is 4.98 Å². The van der Waals surface area contributed by atoms with Gasteiger partial charge in [-0.3, -0.25) is 9.69 Å². The largest absolute Gasteiger partial charge is 0.379 e. The van der Waals surface area contributed by atoms with Crippen molar-refractivity contribution in [1.82, 2.24) is 20.4 Å². The van der Waals surface area contributed by atoms with E-state index in [0.29, 0.717) is 31.1 Å². The first kappa shape index (κ1) is 18.6. The highest BCUT2D eigenvalue weighted by Gasteiger charge is 2.13. The van der Waals surface area contributed by atoms with E-state index < -0.39 is 0 Å². The third kappa shape index (κ3) is 4.55. The van der Waals surface area contributed by atoms with E-state index >= 15 is 0 Å². The van der Waals surface area contributed by atoms with Gasteiger partial charge in [-0.1, -0.05) is 47.6 Å². The van der Waals surface area contributed by atoms with E-state index in [4.69, 9.17) is 9.26 Å². The second-order valence-electron chi connectivity index (χ2n) is 6.84. The predicted molar refractivity (Wildman–Crippen MR) is 106 cm³/mol. The van der Waals surface area contributed by atoms with Gasteiger partial charge >= 0.3 is 0 Å². The number of carbonyl (C=O) groups excluding carboxylic acids is 1. The summed E-state index contributed by atoms with van der Waals surface area (Å²) in [6.07, 6.45) is 0.765. The summed E-state index contributed by atoms with van der Waals surface area (Å²) in [6, 6.07) is 14.1. The smallest absolute Gasteiger partial charge is 0.227 e. The lowest BCUT2D eigenvalue weighted by molar-refractivity contribution is -0.121. The van der Waals surface area contributed by atoms with Crippen LogP contribution in [0.2, 0.25) is 0 Å². The second-order valence-corrected chi connectivity index (χ2v) is 6.84. The molecule has 0 saturated carbocycles. The molecule has 2 aromatic carbocycles. The monoisotopic (exact) mass is 380 g/mol. The summed E-state index contributed by atoms with van der Waals surface area (Å²) < 4.78 is 10.7. The van der Waals surface area contributed by atoms with Gasteiger partial charge in [-0.25, -0.2) is 0 Å². The van der Waals surface area contributed by atoms with Crippen molar-refractivity contribution in [3.05, 3.63) is 48.4 Å². The Morgan fingerprint density at radius 2 is 1.93 bits per heavy atom. The average molecular weight is 380 g/mol. The summed E-state index contributed by atoms with van der Waals surface area (Å²) in [4.78, 5) is 18.8. The molecule has 1 fully saturated rings. The molecule has 2 heterocycles. The Morgan fingerprint density at radius 3 is 2.82 bits per heavy atom. The first-order valence-corrected chi connectivity index (χ1v) is 9.67. The number of benzene rings is 2. The molecule has 1 aliphatic rings. The Kier molecular flexibility index (Phi) is 5.94. The molecule has 4 rings (SSSR count). The van der Waals surface area contributed by atoms with Crippen molar-refractivity contribution >= 4 is 16.7 Å². The summed E-state index contributed by atoms with van der Waals surface area (Å²) in [5.41, 5.74) is 0.933. The number of hydrogen-bond donors (Lipinski definition) is 1. The fourth-order valence-corrected chi connectivity index (χ4v) is 3.37. The van der Waals surface area contributed by atoms with Crippen LogP contribution < -0.4 is 5.32 Å². The molecule has 1 aromatic heterocycles. The summed E-state index contributed by atoms with van der Waals surface area (Å²) in [7, 11) is 0. The van der Waals surface area contributed by atoms with E-state index in [1.165, 1.54) is 0 Å². The average Bonchev–Trinajstić information content (AvgIpc) is 3.21. The number of amides is 1. The van der Waals surface area contributed by atoms with Crippen LogP contribution in [0.15, 0.2) is 47.0 Å². The number of hydrogen-bond acceptors (Lipinski definition) is 6. The molecule has 0 spiro atoms. The van der Waals surface area contributed by atoms with Crippen LogP contribution in [0, 0.1) is 0 Å². The van der Waals surface area contributed by atoms with E-state index in [2.05, 4.69) is 32.5 Å². The topological polar surface area (TPSA) is 80.5 Å². The lowest BCUT2D eigenvalue weighted by atomic mass is 10.0. The van der Waals surface area contributed by atoms with E-state index in [-0.39, 0.29) is 5.91 Å². The Hall–Kier alpha value is -2.77. The van der Waals surface area contributed by atoms with Crippen LogP contribution in [0.4, 0.5) is 0 Å². The van der Waals surface area contributed by atoms with Gasteiger partial charge in [0.15, 0.2) is 0 Å². The van der Waals surface area contributed by atoms with Crippen LogP contribution >= 0.6 is 0 Å². The fraction of sp³-hybridized carbons (Fsp3) is 0.381. The third-order valence-electron chi connectivity index (χ3n) is 4.92. The number of morpholine rings is 1. The van der Waals surface area contributed by atoms with Crippen molar-refractivity contribution in [2.24, 2.45) is 0 Å². The van der Waals surface area contributed by atoms with Gasteiger partial charge in [0.2, 0.25) is 17.6 Å². The van der Waals surface area contributed by atoms with Crippen LogP contribution in [-0.2, 0) is 16.0 Å². The molecule has 1 amide bonds. The number of rotatable bonds is 7. The quantitative estimate of drug-likeness (QED) is 0.677. The zero-order chi connectivity index (χ0) is 19.2. The normalized spacial score (nSPS) is 15.0. The number of aromatic nitrogens is 2. The van der Waals surface area contributed by atoms with Gasteiger partial charge in [-0.05, 0) is 10.8 Å². The van der Waals surface area contributed by atoms with Crippen LogP contribution in [0.5, 0.6) is 0 Å². The van der Waals surface area contributed by atoms with Gasteiger partial charge in [0, 0.05) is 44.6 Å². The minimum Gasteiger partial charge on any atom is -0.379 e. The molecular formula is C21H24N4O3. The Morgan fingerprint density at radius 1 is 1.11 bits per heavy atom. The molecule has 0 atom stereocenters. The van der Waals surface area contributed by atoms with Gasteiger partial charge < -0.3 is 14.6 Å². The summed E-state index contributed by atoms with van der Waals surface area (Å²) in [5.74, 6) is 1.03. The minimum atomic E-state index is -0.00169. The van der Waals surface area contributed by atoms with Crippen molar-refractivity contribution in [1.29, 1.82) is 0 Å². The first-order chi connectivity index (χ1) is 13.8. The molecule has 0 radical (unpaired) electrons. The molecule has 1 aliphatic heterocycles. The first-order valence-electron chi connectivity index (χ1n) is 9.67. The third-order valence-corrected chi connectivity index (χ3v) is 4.92. The standard InChI is InChI=1S/C21H24N4O3/c26-19(22-10-11-25-12-14-27-15-13-25)8-9-20-23-21(24-28-20)18-7-3-5-16-4-1-2-6-17(16)18/h1-7H,8-15H2,(H,22,26). The van der Waals surface area contributed by atoms with Crippen molar-refractivity contribution in [2.45, 2.75) is 12.8 Å². The molecule has 1 N–H and O–H groups in total. The number of carbonyl (C=O) groups is 1. The SMILES string of the molecule is O=C(CCc1nc(-c2cccc3ccccc23)no1)NCCN1CCOCC1.